The van der Waals surface area contributed by atoms with Crippen LogP contribution in [0.3, 0.4) is 0 Å². The van der Waals surface area contributed by atoms with Gasteiger partial charge in [0.15, 0.2) is 5.78 Å². The van der Waals surface area contributed by atoms with Gasteiger partial charge in [-0.05, 0) is 42.2 Å². The normalized spacial score (nSPS) is 14.0. The van der Waals surface area contributed by atoms with Crippen molar-refractivity contribution in [2.45, 2.75) is 25.3 Å². The van der Waals surface area contributed by atoms with Crippen LogP contribution in [0.2, 0.25) is 0 Å². The van der Waals surface area contributed by atoms with Crippen LogP contribution in [-0.2, 0) is 17.6 Å². The maximum absolute atomic E-state index is 12.4. The van der Waals surface area contributed by atoms with E-state index in [1.165, 1.54) is 0 Å². The molecule has 0 spiro atoms. The van der Waals surface area contributed by atoms with Gasteiger partial charge >= 0.3 is 0 Å². The Hall–Kier alpha value is -2.63. The smallest absolute Gasteiger partial charge is 0.241 e. The lowest BCUT2D eigenvalue weighted by Gasteiger charge is -2.12. The molecule has 0 radical (unpaired) electrons. The van der Waals surface area contributed by atoms with Gasteiger partial charge in [-0.1, -0.05) is 24.3 Å². The summed E-state index contributed by atoms with van der Waals surface area (Å²) in [6, 6.07) is 12.7. The summed E-state index contributed by atoms with van der Waals surface area (Å²) in [5.74, 6) is -0.120. The van der Waals surface area contributed by atoms with E-state index in [4.69, 9.17) is 5.73 Å². The third kappa shape index (κ3) is 3.36. The number of Topliss-reactive ketones (excluding diaryl/α,β-unsaturated/α-hetero) is 1. The monoisotopic (exact) mass is 369 g/mol. The number of benzene rings is 2. The number of amides is 1. The van der Waals surface area contributed by atoms with Crippen LogP contribution in [0.4, 0.5) is 5.69 Å². The number of hydrogen-bond acceptors (Lipinski definition) is 3. The molecule has 2 aromatic carbocycles. The fraction of sp³-hybridized carbons (Fsp3) is 0.200. The summed E-state index contributed by atoms with van der Waals surface area (Å²) in [7, 11) is 0. The van der Waals surface area contributed by atoms with Crippen LogP contribution in [0.5, 0.6) is 0 Å². The van der Waals surface area contributed by atoms with E-state index >= 15 is 0 Å². The fourth-order valence-corrected chi connectivity index (χ4v) is 3.38. The van der Waals surface area contributed by atoms with Crippen molar-refractivity contribution >= 4 is 40.7 Å². The number of aromatic nitrogens is 1. The molecular weight excluding hydrogens is 350 g/mol. The Kier molecular flexibility index (Phi) is 5.11. The zero-order chi connectivity index (χ0) is 17.4. The number of H-pyrrole nitrogens is 1. The Morgan fingerprint density at radius 1 is 1.19 bits per heavy atom. The van der Waals surface area contributed by atoms with E-state index in [0.717, 1.165) is 28.5 Å². The Morgan fingerprint density at radius 2 is 2.00 bits per heavy atom. The standard InChI is InChI=1S/C20H19N3O2.ClH/c21-17(9-13-11-22-18-4-2-1-3-15(13)18)20(25)23-14-7-5-12-6-8-19(24)16(12)10-14;/h1-5,7,10-11,17,22H,6,8-9,21H2,(H,23,25);1H/t17-;/m0./s1. The summed E-state index contributed by atoms with van der Waals surface area (Å²) in [5, 5.41) is 3.90. The van der Waals surface area contributed by atoms with E-state index in [2.05, 4.69) is 10.3 Å². The summed E-state index contributed by atoms with van der Waals surface area (Å²) in [5.41, 5.74) is 10.5. The fourth-order valence-electron chi connectivity index (χ4n) is 3.38. The van der Waals surface area contributed by atoms with Gasteiger partial charge in [0.05, 0.1) is 6.04 Å². The lowest BCUT2D eigenvalue weighted by molar-refractivity contribution is -0.117. The number of nitrogens with one attached hydrogen (secondary N) is 2. The summed E-state index contributed by atoms with van der Waals surface area (Å²) in [6.07, 6.45) is 3.67. The summed E-state index contributed by atoms with van der Waals surface area (Å²) < 4.78 is 0. The van der Waals surface area contributed by atoms with Crippen LogP contribution in [0.15, 0.2) is 48.7 Å². The molecule has 0 aliphatic heterocycles. The number of rotatable bonds is 4. The van der Waals surface area contributed by atoms with Gasteiger partial charge in [-0.2, -0.15) is 0 Å². The number of para-hydroxylation sites is 1. The highest BCUT2D eigenvalue weighted by Gasteiger charge is 2.21. The van der Waals surface area contributed by atoms with Crippen LogP contribution in [-0.4, -0.2) is 22.7 Å². The van der Waals surface area contributed by atoms with Crippen molar-refractivity contribution in [1.82, 2.24) is 4.98 Å². The van der Waals surface area contributed by atoms with E-state index in [1.54, 1.807) is 6.07 Å². The number of nitrogens with two attached hydrogens (primary N) is 1. The highest BCUT2D eigenvalue weighted by atomic mass is 35.5. The second-order valence-electron chi connectivity index (χ2n) is 6.45. The van der Waals surface area contributed by atoms with Crippen molar-refractivity contribution in [2.24, 2.45) is 5.73 Å². The first-order valence-corrected chi connectivity index (χ1v) is 8.39. The lowest BCUT2D eigenvalue weighted by atomic mass is 10.0. The maximum Gasteiger partial charge on any atom is 0.241 e. The molecule has 4 N–H and O–H groups in total. The van der Waals surface area contributed by atoms with Crippen LogP contribution in [0.25, 0.3) is 10.9 Å². The van der Waals surface area contributed by atoms with Crippen molar-refractivity contribution in [3.63, 3.8) is 0 Å². The van der Waals surface area contributed by atoms with Crippen molar-refractivity contribution in [2.75, 3.05) is 5.32 Å². The number of ketones is 1. The van der Waals surface area contributed by atoms with Crippen molar-refractivity contribution in [1.29, 1.82) is 0 Å². The molecule has 0 fully saturated rings. The average Bonchev–Trinajstić information content (AvgIpc) is 3.19. The predicted octanol–water partition coefficient (Wildman–Crippen LogP) is 3.23. The van der Waals surface area contributed by atoms with Gasteiger partial charge < -0.3 is 16.0 Å². The maximum atomic E-state index is 12.4. The Labute approximate surface area is 157 Å². The molecule has 6 heteroatoms. The Balaban J connectivity index is 0.00000196. The quantitative estimate of drug-likeness (QED) is 0.659. The molecule has 5 nitrogen and oxygen atoms in total. The predicted molar refractivity (Wildman–Crippen MR) is 105 cm³/mol. The number of carbonyl (C=O) groups is 2. The van der Waals surface area contributed by atoms with E-state index in [-0.39, 0.29) is 24.1 Å². The highest BCUT2D eigenvalue weighted by Crippen LogP contribution is 2.25. The van der Waals surface area contributed by atoms with Gasteiger partial charge in [0.25, 0.3) is 0 Å². The summed E-state index contributed by atoms with van der Waals surface area (Å²) >= 11 is 0. The van der Waals surface area contributed by atoms with Gasteiger partial charge in [-0.3, -0.25) is 9.59 Å². The molecule has 134 valence electrons. The van der Waals surface area contributed by atoms with Gasteiger partial charge in [0.1, 0.15) is 0 Å². The lowest BCUT2D eigenvalue weighted by Crippen LogP contribution is -2.37. The van der Waals surface area contributed by atoms with Crippen LogP contribution < -0.4 is 11.1 Å². The van der Waals surface area contributed by atoms with Gasteiger partial charge in [-0.15, -0.1) is 12.4 Å². The number of hydrogen-bond donors (Lipinski definition) is 3. The molecule has 26 heavy (non-hydrogen) atoms. The van der Waals surface area contributed by atoms with Crippen molar-refractivity contribution < 1.29 is 9.59 Å². The molecule has 0 saturated heterocycles. The SMILES string of the molecule is Cl.N[C@@H](Cc1c[nH]c2ccccc12)C(=O)Nc1ccc2c(c1)C(=O)CC2. The van der Waals surface area contributed by atoms with Gasteiger partial charge in [0, 0.05) is 34.8 Å². The Morgan fingerprint density at radius 3 is 2.85 bits per heavy atom. The highest BCUT2D eigenvalue weighted by molar-refractivity contribution is 6.02. The molecule has 4 rings (SSSR count). The molecule has 0 unspecified atom stereocenters. The molecule has 1 heterocycles. The van der Waals surface area contributed by atoms with Crippen LogP contribution in [0, 0.1) is 0 Å². The van der Waals surface area contributed by atoms with Crippen LogP contribution >= 0.6 is 12.4 Å². The number of anilines is 1. The summed E-state index contributed by atoms with van der Waals surface area (Å²) in [4.78, 5) is 27.4. The molecule has 0 bridgehead atoms. The number of carbonyl (C=O) groups excluding carboxylic acids is 2. The first kappa shape index (κ1) is 18.2. The second-order valence-corrected chi connectivity index (χ2v) is 6.45. The minimum Gasteiger partial charge on any atom is -0.361 e. The first-order valence-electron chi connectivity index (χ1n) is 8.39. The molecular formula is C20H20ClN3O2. The van der Waals surface area contributed by atoms with E-state index < -0.39 is 6.04 Å². The van der Waals surface area contributed by atoms with Crippen molar-refractivity contribution in [3.05, 3.63) is 65.4 Å². The second kappa shape index (κ2) is 7.32. The molecule has 0 saturated carbocycles. The minimum absolute atomic E-state index is 0. The zero-order valence-corrected chi connectivity index (χ0v) is 14.9. The van der Waals surface area contributed by atoms with Gasteiger partial charge in [-0.25, -0.2) is 0 Å². The molecule has 1 aliphatic carbocycles. The molecule has 3 aromatic rings. The molecule has 1 aromatic heterocycles. The number of aryl methyl sites for hydroxylation is 1. The first-order chi connectivity index (χ1) is 12.1. The van der Waals surface area contributed by atoms with E-state index in [1.807, 2.05) is 42.6 Å². The third-order valence-electron chi connectivity index (χ3n) is 4.75. The van der Waals surface area contributed by atoms with Gasteiger partial charge in [0.2, 0.25) is 5.91 Å². The number of halogens is 1. The van der Waals surface area contributed by atoms with Crippen molar-refractivity contribution in [3.8, 4) is 0 Å². The largest absolute Gasteiger partial charge is 0.361 e. The topological polar surface area (TPSA) is 88.0 Å². The molecule has 1 aliphatic rings. The average molecular weight is 370 g/mol. The van der Waals surface area contributed by atoms with E-state index in [0.29, 0.717) is 24.1 Å². The van der Waals surface area contributed by atoms with Crippen LogP contribution in [0.1, 0.15) is 27.9 Å². The number of fused-ring (bicyclic) bond motifs is 2. The zero-order valence-electron chi connectivity index (χ0n) is 14.1. The van der Waals surface area contributed by atoms with E-state index in [9.17, 15) is 9.59 Å². The Bertz CT molecular complexity index is 980. The summed E-state index contributed by atoms with van der Waals surface area (Å²) in [6.45, 7) is 0. The molecule has 1 amide bonds. The minimum atomic E-state index is -0.664. The number of aromatic amines is 1. The molecule has 1 atom stereocenters. The third-order valence-corrected chi connectivity index (χ3v) is 4.75.